The molecule has 0 radical (unpaired) electrons. The Balaban J connectivity index is 2.22. The summed E-state index contributed by atoms with van der Waals surface area (Å²) in [5.41, 5.74) is -1.30. The van der Waals surface area contributed by atoms with Crippen LogP contribution in [0, 0.1) is 0 Å². The van der Waals surface area contributed by atoms with Crippen LogP contribution in [0.15, 0.2) is 30.3 Å². The van der Waals surface area contributed by atoms with Gasteiger partial charge in [-0.15, -0.1) is 0 Å². The van der Waals surface area contributed by atoms with Gasteiger partial charge in [0.25, 0.3) is 0 Å². The number of hydrogen-bond acceptors (Lipinski definition) is 1. The van der Waals surface area contributed by atoms with Crippen LogP contribution in [-0.2, 0) is 11.2 Å². The van der Waals surface area contributed by atoms with Gasteiger partial charge in [-0.1, -0.05) is 30.3 Å². The van der Waals surface area contributed by atoms with Crippen LogP contribution >= 0.6 is 0 Å². The molecule has 88 valence electrons. The third-order valence-electron chi connectivity index (χ3n) is 2.95. The lowest BCUT2D eigenvalue weighted by atomic mass is 9.91. The van der Waals surface area contributed by atoms with E-state index in [2.05, 4.69) is 0 Å². The van der Waals surface area contributed by atoms with E-state index in [4.69, 9.17) is 4.74 Å². The van der Waals surface area contributed by atoms with Crippen molar-refractivity contribution < 1.29 is 17.9 Å². The Labute approximate surface area is 92.2 Å². The van der Waals surface area contributed by atoms with Crippen molar-refractivity contribution in [2.24, 2.45) is 0 Å². The van der Waals surface area contributed by atoms with E-state index in [1.165, 1.54) is 0 Å². The van der Waals surface area contributed by atoms with Crippen molar-refractivity contribution in [3.8, 4) is 0 Å². The number of rotatable bonds is 2. The van der Waals surface area contributed by atoms with Crippen molar-refractivity contribution in [1.82, 2.24) is 0 Å². The SMILES string of the molecule is FC(F)(F)C1(Cc2ccccc2)CCCO1. The highest BCUT2D eigenvalue weighted by atomic mass is 19.4. The molecule has 0 bridgehead atoms. The van der Waals surface area contributed by atoms with Crippen LogP contribution in [0.25, 0.3) is 0 Å². The van der Waals surface area contributed by atoms with Gasteiger partial charge in [-0.25, -0.2) is 0 Å². The molecule has 0 aromatic heterocycles. The van der Waals surface area contributed by atoms with Crippen molar-refractivity contribution in [2.75, 3.05) is 6.61 Å². The summed E-state index contributed by atoms with van der Waals surface area (Å²) in [6.07, 6.45) is -3.84. The van der Waals surface area contributed by atoms with Gasteiger partial charge in [0, 0.05) is 13.0 Å². The minimum absolute atomic E-state index is 0.0609. The van der Waals surface area contributed by atoms with Gasteiger partial charge in [0.05, 0.1) is 0 Å². The van der Waals surface area contributed by atoms with Gasteiger partial charge in [0.1, 0.15) is 0 Å². The number of ether oxygens (including phenoxy) is 1. The normalized spacial score (nSPS) is 25.9. The van der Waals surface area contributed by atoms with E-state index in [0.717, 1.165) is 0 Å². The van der Waals surface area contributed by atoms with Gasteiger partial charge in [-0.3, -0.25) is 0 Å². The van der Waals surface area contributed by atoms with E-state index in [1.807, 2.05) is 0 Å². The molecular weight excluding hydrogens is 217 g/mol. The number of hydrogen-bond donors (Lipinski definition) is 0. The largest absolute Gasteiger partial charge is 0.417 e. The first kappa shape index (κ1) is 11.5. The highest BCUT2D eigenvalue weighted by molar-refractivity contribution is 5.18. The van der Waals surface area contributed by atoms with Gasteiger partial charge in [0.2, 0.25) is 0 Å². The van der Waals surface area contributed by atoms with Crippen LogP contribution < -0.4 is 0 Å². The van der Waals surface area contributed by atoms with E-state index in [1.54, 1.807) is 30.3 Å². The van der Waals surface area contributed by atoms with Gasteiger partial charge < -0.3 is 4.74 Å². The molecule has 16 heavy (non-hydrogen) atoms. The molecule has 1 aromatic rings. The molecule has 0 amide bonds. The highest BCUT2D eigenvalue weighted by Crippen LogP contribution is 2.43. The van der Waals surface area contributed by atoms with Crippen molar-refractivity contribution in [3.05, 3.63) is 35.9 Å². The van der Waals surface area contributed by atoms with Crippen molar-refractivity contribution >= 4 is 0 Å². The smallest absolute Gasteiger partial charge is 0.365 e. The Bertz CT molecular complexity index is 339. The molecule has 1 fully saturated rings. The first-order valence-electron chi connectivity index (χ1n) is 5.28. The summed E-state index contributed by atoms with van der Waals surface area (Å²) in [7, 11) is 0. The van der Waals surface area contributed by atoms with Gasteiger partial charge in [-0.05, 0) is 18.4 Å². The topological polar surface area (TPSA) is 9.23 Å². The lowest BCUT2D eigenvalue weighted by molar-refractivity contribution is -0.262. The monoisotopic (exact) mass is 230 g/mol. The second-order valence-corrected chi connectivity index (χ2v) is 4.11. The average molecular weight is 230 g/mol. The summed E-state index contributed by atoms with van der Waals surface area (Å²) in [6, 6.07) is 8.69. The van der Waals surface area contributed by atoms with E-state index in [0.29, 0.717) is 12.0 Å². The molecule has 1 aliphatic heterocycles. The zero-order valence-corrected chi connectivity index (χ0v) is 8.76. The molecule has 0 saturated carbocycles. The Morgan fingerprint density at radius 2 is 1.88 bits per heavy atom. The maximum absolute atomic E-state index is 13.0. The lowest BCUT2D eigenvalue weighted by Gasteiger charge is -2.30. The molecule has 2 rings (SSSR count). The second kappa shape index (κ2) is 4.09. The number of benzene rings is 1. The standard InChI is InChI=1S/C12H13F3O/c13-12(14,15)11(7-4-8-16-11)9-10-5-2-1-3-6-10/h1-3,5-6H,4,7-9H2. The molecule has 4 heteroatoms. The third-order valence-corrected chi connectivity index (χ3v) is 2.95. The van der Waals surface area contributed by atoms with Crippen LogP contribution in [0.2, 0.25) is 0 Å². The molecule has 1 saturated heterocycles. The van der Waals surface area contributed by atoms with Crippen LogP contribution in [0.5, 0.6) is 0 Å². The highest BCUT2D eigenvalue weighted by Gasteiger charge is 2.57. The minimum Gasteiger partial charge on any atom is -0.365 e. The first-order valence-corrected chi connectivity index (χ1v) is 5.28. The van der Waals surface area contributed by atoms with E-state index >= 15 is 0 Å². The predicted octanol–water partition coefficient (Wildman–Crippen LogP) is 3.34. The molecule has 0 spiro atoms. The Hall–Kier alpha value is -1.03. The van der Waals surface area contributed by atoms with E-state index in [9.17, 15) is 13.2 Å². The second-order valence-electron chi connectivity index (χ2n) is 4.11. The molecule has 0 aliphatic carbocycles. The summed E-state index contributed by atoms with van der Waals surface area (Å²) >= 11 is 0. The zero-order valence-electron chi connectivity index (χ0n) is 8.76. The molecular formula is C12H13F3O. The summed E-state index contributed by atoms with van der Waals surface area (Å²) < 4.78 is 43.9. The first-order chi connectivity index (χ1) is 7.54. The third kappa shape index (κ3) is 2.07. The van der Waals surface area contributed by atoms with Crippen LogP contribution in [-0.4, -0.2) is 18.4 Å². The lowest BCUT2D eigenvalue weighted by Crippen LogP contribution is -2.46. The Morgan fingerprint density at radius 1 is 1.19 bits per heavy atom. The van der Waals surface area contributed by atoms with Crippen LogP contribution in [0.1, 0.15) is 18.4 Å². The zero-order chi connectivity index (χ0) is 11.6. The van der Waals surface area contributed by atoms with Gasteiger partial charge in [-0.2, -0.15) is 13.2 Å². The maximum Gasteiger partial charge on any atom is 0.417 e. The fourth-order valence-corrected chi connectivity index (χ4v) is 2.09. The van der Waals surface area contributed by atoms with Gasteiger partial charge >= 0.3 is 6.18 Å². The van der Waals surface area contributed by atoms with Crippen molar-refractivity contribution in [2.45, 2.75) is 31.0 Å². The Morgan fingerprint density at radius 3 is 2.38 bits per heavy atom. The fourth-order valence-electron chi connectivity index (χ4n) is 2.09. The molecule has 1 aromatic carbocycles. The molecule has 1 unspecified atom stereocenters. The number of alkyl halides is 3. The van der Waals surface area contributed by atoms with E-state index in [-0.39, 0.29) is 19.4 Å². The Kier molecular flexibility index (Phi) is 2.93. The van der Waals surface area contributed by atoms with Crippen molar-refractivity contribution in [3.63, 3.8) is 0 Å². The summed E-state index contributed by atoms with van der Waals surface area (Å²) in [5, 5.41) is 0. The quantitative estimate of drug-likeness (QED) is 0.757. The number of halogens is 3. The van der Waals surface area contributed by atoms with Crippen molar-refractivity contribution in [1.29, 1.82) is 0 Å². The molecule has 0 N–H and O–H groups in total. The van der Waals surface area contributed by atoms with Crippen LogP contribution in [0.3, 0.4) is 0 Å². The molecule has 1 atom stereocenters. The predicted molar refractivity (Wildman–Crippen MR) is 54.1 cm³/mol. The summed E-state index contributed by atoms with van der Waals surface area (Å²) in [5.74, 6) is 0. The molecule has 1 aliphatic rings. The molecule has 1 nitrogen and oxygen atoms in total. The minimum atomic E-state index is -4.29. The van der Waals surface area contributed by atoms with Gasteiger partial charge in [0.15, 0.2) is 5.60 Å². The maximum atomic E-state index is 13.0. The van der Waals surface area contributed by atoms with Crippen LogP contribution in [0.4, 0.5) is 13.2 Å². The fraction of sp³-hybridized carbons (Fsp3) is 0.500. The summed E-state index contributed by atoms with van der Waals surface area (Å²) in [4.78, 5) is 0. The average Bonchev–Trinajstić information content (AvgIpc) is 2.68. The van der Waals surface area contributed by atoms with E-state index < -0.39 is 11.8 Å². The molecule has 1 heterocycles. The summed E-state index contributed by atoms with van der Waals surface area (Å²) in [6.45, 7) is 0.201.